The van der Waals surface area contributed by atoms with Crippen LogP contribution in [0.4, 0.5) is 5.69 Å². The number of hydrogen-bond donors (Lipinski definition) is 0. The highest BCUT2D eigenvalue weighted by molar-refractivity contribution is 5.99. The summed E-state index contributed by atoms with van der Waals surface area (Å²) in [5, 5.41) is 0. The van der Waals surface area contributed by atoms with Crippen LogP contribution in [0.5, 0.6) is 0 Å². The lowest BCUT2D eigenvalue weighted by Gasteiger charge is -2.24. The molecule has 3 nitrogen and oxygen atoms in total. The molecule has 1 heterocycles. The third kappa shape index (κ3) is 2.31. The van der Waals surface area contributed by atoms with Crippen LogP contribution in [0.25, 0.3) is 0 Å². The fourth-order valence-corrected chi connectivity index (χ4v) is 2.36. The molecule has 0 aliphatic heterocycles. The molecule has 0 saturated heterocycles. The molecule has 0 atom stereocenters. The second-order valence-electron chi connectivity index (χ2n) is 5.69. The van der Waals surface area contributed by atoms with E-state index in [0.29, 0.717) is 6.04 Å². The molecule has 0 N–H and O–H groups in total. The standard InChI is InChI=1S/C15H26N2O/c1-9(2)15(18)14-11(5)13(12(6)17(14)8)16(7)10(3)4/h9-10H,1-8H3. The first-order chi connectivity index (χ1) is 8.20. The van der Waals surface area contributed by atoms with Gasteiger partial charge in [0.05, 0.1) is 11.4 Å². The molecular weight excluding hydrogens is 224 g/mol. The van der Waals surface area contributed by atoms with Gasteiger partial charge in [-0.15, -0.1) is 0 Å². The zero-order chi connectivity index (χ0) is 14.2. The Morgan fingerprint density at radius 2 is 1.67 bits per heavy atom. The predicted molar refractivity (Wildman–Crippen MR) is 77.6 cm³/mol. The van der Waals surface area contributed by atoms with E-state index >= 15 is 0 Å². The molecule has 0 fully saturated rings. The highest BCUT2D eigenvalue weighted by Crippen LogP contribution is 2.31. The SMILES string of the molecule is Cc1c(N(C)C(C)C)c(C)n(C)c1C(=O)C(C)C. The second-order valence-corrected chi connectivity index (χ2v) is 5.69. The molecule has 0 aliphatic rings. The lowest BCUT2D eigenvalue weighted by molar-refractivity contribution is 0.0930. The Labute approximate surface area is 111 Å². The molecule has 0 bridgehead atoms. The van der Waals surface area contributed by atoms with Crippen LogP contribution in [0.2, 0.25) is 0 Å². The van der Waals surface area contributed by atoms with Crippen molar-refractivity contribution < 1.29 is 4.79 Å². The summed E-state index contributed by atoms with van der Waals surface area (Å²) in [5.74, 6) is 0.260. The summed E-state index contributed by atoms with van der Waals surface area (Å²) < 4.78 is 2.03. The Morgan fingerprint density at radius 3 is 2.06 bits per heavy atom. The normalized spacial score (nSPS) is 11.4. The molecule has 0 aromatic carbocycles. The van der Waals surface area contributed by atoms with Crippen LogP contribution in [-0.4, -0.2) is 23.4 Å². The van der Waals surface area contributed by atoms with E-state index in [1.807, 2.05) is 25.5 Å². The van der Waals surface area contributed by atoms with E-state index in [1.165, 1.54) is 5.69 Å². The van der Waals surface area contributed by atoms with Crippen molar-refractivity contribution in [1.29, 1.82) is 0 Å². The monoisotopic (exact) mass is 250 g/mol. The molecule has 18 heavy (non-hydrogen) atoms. The van der Waals surface area contributed by atoms with E-state index in [-0.39, 0.29) is 11.7 Å². The zero-order valence-electron chi connectivity index (χ0n) is 13.0. The average Bonchev–Trinajstić information content (AvgIpc) is 2.48. The molecule has 102 valence electrons. The summed E-state index contributed by atoms with van der Waals surface area (Å²) >= 11 is 0. The number of aromatic nitrogens is 1. The summed E-state index contributed by atoms with van der Waals surface area (Å²) in [6.45, 7) is 12.4. The van der Waals surface area contributed by atoms with Gasteiger partial charge in [-0.1, -0.05) is 13.8 Å². The summed E-state index contributed by atoms with van der Waals surface area (Å²) in [5.41, 5.74) is 4.30. The predicted octanol–water partition coefficient (Wildman–Crippen LogP) is 3.33. The van der Waals surface area contributed by atoms with Crippen molar-refractivity contribution in [2.24, 2.45) is 13.0 Å². The topological polar surface area (TPSA) is 25.2 Å². The molecule has 3 heteroatoms. The molecule has 0 spiro atoms. The Hall–Kier alpha value is -1.25. The lowest BCUT2D eigenvalue weighted by atomic mass is 10.0. The van der Waals surface area contributed by atoms with Crippen molar-refractivity contribution in [3.63, 3.8) is 0 Å². The summed E-state index contributed by atoms with van der Waals surface area (Å²) in [7, 11) is 4.07. The maximum absolute atomic E-state index is 12.3. The second kappa shape index (κ2) is 5.17. The van der Waals surface area contributed by atoms with Crippen LogP contribution in [0.3, 0.4) is 0 Å². The largest absolute Gasteiger partial charge is 0.370 e. The maximum atomic E-state index is 12.3. The molecule has 0 aliphatic carbocycles. The van der Waals surface area contributed by atoms with Crippen LogP contribution >= 0.6 is 0 Å². The van der Waals surface area contributed by atoms with Crippen molar-refractivity contribution >= 4 is 11.5 Å². The first kappa shape index (κ1) is 14.8. The van der Waals surface area contributed by atoms with E-state index in [1.54, 1.807) is 0 Å². The highest BCUT2D eigenvalue weighted by Gasteiger charge is 2.24. The zero-order valence-corrected chi connectivity index (χ0v) is 13.0. The molecular formula is C15H26N2O. The van der Waals surface area contributed by atoms with Crippen molar-refractivity contribution in [2.45, 2.75) is 47.6 Å². The summed E-state index contributed by atoms with van der Waals surface area (Å²) in [6, 6.07) is 0.423. The van der Waals surface area contributed by atoms with Crippen molar-refractivity contribution in [1.82, 2.24) is 4.57 Å². The summed E-state index contributed by atoms with van der Waals surface area (Å²) in [4.78, 5) is 14.5. The first-order valence-electron chi connectivity index (χ1n) is 6.63. The number of carbonyl (C=O) groups is 1. The Morgan fingerprint density at radius 1 is 1.17 bits per heavy atom. The summed E-state index contributed by atoms with van der Waals surface area (Å²) in [6.07, 6.45) is 0. The van der Waals surface area contributed by atoms with Gasteiger partial charge in [-0.2, -0.15) is 0 Å². The van der Waals surface area contributed by atoms with Crippen LogP contribution < -0.4 is 4.90 Å². The van der Waals surface area contributed by atoms with Crippen molar-refractivity contribution in [3.8, 4) is 0 Å². The number of nitrogens with zero attached hydrogens (tertiary/aromatic N) is 2. The van der Waals surface area contributed by atoms with Crippen LogP contribution in [0.1, 0.15) is 49.4 Å². The number of rotatable bonds is 4. The minimum absolute atomic E-state index is 0.0360. The third-order valence-electron chi connectivity index (χ3n) is 3.78. The van der Waals surface area contributed by atoms with Gasteiger partial charge in [-0.25, -0.2) is 0 Å². The Kier molecular flexibility index (Phi) is 4.25. The van der Waals surface area contributed by atoms with E-state index in [2.05, 4.69) is 39.6 Å². The Bertz CT molecular complexity index is 456. The van der Waals surface area contributed by atoms with E-state index in [9.17, 15) is 4.79 Å². The van der Waals surface area contributed by atoms with Crippen molar-refractivity contribution in [2.75, 3.05) is 11.9 Å². The van der Waals surface area contributed by atoms with Gasteiger partial charge in [0.1, 0.15) is 0 Å². The Balaban J connectivity index is 3.42. The number of hydrogen-bond acceptors (Lipinski definition) is 2. The van der Waals surface area contributed by atoms with Gasteiger partial charge in [0, 0.05) is 37.3 Å². The molecule has 1 rings (SSSR count). The van der Waals surface area contributed by atoms with Gasteiger partial charge in [-0.05, 0) is 27.7 Å². The maximum Gasteiger partial charge on any atom is 0.182 e. The van der Waals surface area contributed by atoms with Crippen LogP contribution in [0, 0.1) is 19.8 Å². The van der Waals surface area contributed by atoms with Gasteiger partial charge in [-0.3, -0.25) is 4.79 Å². The molecule has 0 amide bonds. The van der Waals surface area contributed by atoms with Crippen molar-refractivity contribution in [3.05, 3.63) is 17.0 Å². The van der Waals surface area contributed by atoms with Gasteiger partial charge in [0.2, 0.25) is 0 Å². The number of anilines is 1. The molecule has 1 aromatic heterocycles. The minimum atomic E-state index is 0.0360. The highest BCUT2D eigenvalue weighted by atomic mass is 16.1. The lowest BCUT2D eigenvalue weighted by Crippen LogP contribution is -2.26. The number of carbonyl (C=O) groups excluding carboxylic acids is 1. The molecule has 0 unspecified atom stereocenters. The van der Waals surface area contributed by atoms with Crippen LogP contribution in [0.15, 0.2) is 0 Å². The molecule has 0 radical (unpaired) electrons. The van der Waals surface area contributed by atoms with Crippen LogP contribution in [-0.2, 0) is 7.05 Å². The van der Waals surface area contributed by atoms with E-state index < -0.39 is 0 Å². The molecule has 0 saturated carbocycles. The fraction of sp³-hybridized carbons (Fsp3) is 0.667. The van der Waals surface area contributed by atoms with E-state index in [0.717, 1.165) is 17.0 Å². The quantitative estimate of drug-likeness (QED) is 0.766. The van der Waals surface area contributed by atoms with Gasteiger partial charge < -0.3 is 9.47 Å². The van der Waals surface area contributed by atoms with Gasteiger partial charge in [0.25, 0.3) is 0 Å². The van der Waals surface area contributed by atoms with E-state index in [4.69, 9.17) is 0 Å². The third-order valence-corrected chi connectivity index (χ3v) is 3.78. The number of ketones is 1. The van der Waals surface area contributed by atoms with Gasteiger partial charge in [0.15, 0.2) is 5.78 Å². The smallest absolute Gasteiger partial charge is 0.182 e. The number of Topliss-reactive ketones (excluding diaryl/α,β-unsaturated/α-hetero) is 1. The van der Waals surface area contributed by atoms with Gasteiger partial charge >= 0.3 is 0 Å². The average molecular weight is 250 g/mol. The fourth-order valence-electron chi connectivity index (χ4n) is 2.36. The first-order valence-corrected chi connectivity index (χ1v) is 6.63. The molecule has 1 aromatic rings. The minimum Gasteiger partial charge on any atom is -0.370 e.